The number of benzene rings is 1. The molecule has 0 fully saturated rings. The zero-order valence-corrected chi connectivity index (χ0v) is 14.1. The Balaban J connectivity index is 2.12. The van der Waals surface area contributed by atoms with Gasteiger partial charge in [0.05, 0.1) is 6.54 Å². The Morgan fingerprint density at radius 2 is 1.91 bits per heavy atom. The first-order valence-electron chi connectivity index (χ1n) is 6.98. The van der Waals surface area contributed by atoms with E-state index in [0.29, 0.717) is 17.0 Å². The zero-order valence-electron chi connectivity index (χ0n) is 12.5. The second kappa shape index (κ2) is 5.85. The molecule has 6 heteroatoms. The van der Waals surface area contributed by atoms with Gasteiger partial charge in [0.25, 0.3) is 5.91 Å². The third-order valence-electron chi connectivity index (χ3n) is 3.70. The van der Waals surface area contributed by atoms with Gasteiger partial charge in [-0.25, -0.2) is 13.8 Å². The Bertz CT molecular complexity index is 824. The molecule has 0 N–H and O–H groups in total. The summed E-state index contributed by atoms with van der Waals surface area (Å²) in [6.45, 7) is 3.45. The van der Waals surface area contributed by atoms with E-state index < -0.39 is 11.6 Å². The summed E-state index contributed by atoms with van der Waals surface area (Å²) in [5, 5.41) is 0. The molecule has 1 amide bonds. The van der Waals surface area contributed by atoms with Crippen LogP contribution in [0.25, 0.3) is 5.57 Å². The lowest BCUT2D eigenvalue weighted by Gasteiger charge is -2.17. The number of carbonyl (C=O) groups is 1. The molecule has 2 heterocycles. The molecule has 0 aliphatic carbocycles. The van der Waals surface area contributed by atoms with Crippen molar-refractivity contribution >= 4 is 33.2 Å². The average molecular weight is 379 g/mol. The topological polar surface area (TPSA) is 33.2 Å². The highest BCUT2D eigenvalue weighted by Gasteiger charge is 2.35. The second-order valence-corrected chi connectivity index (χ2v) is 6.41. The van der Waals surface area contributed by atoms with Crippen molar-refractivity contribution in [2.24, 2.45) is 0 Å². The van der Waals surface area contributed by atoms with Gasteiger partial charge in [-0.2, -0.15) is 0 Å². The molecule has 118 valence electrons. The van der Waals surface area contributed by atoms with Crippen molar-refractivity contribution in [3.63, 3.8) is 0 Å². The van der Waals surface area contributed by atoms with Gasteiger partial charge in [0, 0.05) is 27.4 Å². The van der Waals surface area contributed by atoms with E-state index in [0.717, 1.165) is 10.0 Å². The van der Waals surface area contributed by atoms with Crippen LogP contribution in [0.2, 0.25) is 0 Å². The summed E-state index contributed by atoms with van der Waals surface area (Å²) < 4.78 is 28.6. The van der Waals surface area contributed by atoms with Crippen LogP contribution in [0.3, 0.4) is 0 Å². The van der Waals surface area contributed by atoms with Crippen LogP contribution in [-0.4, -0.2) is 10.9 Å². The molecule has 0 spiro atoms. The lowest BCUT2D eigenvalue weighted by molar-refractivity contribution is -0.113. The number of amides is 1. The first-order valence-corrected chi connectivity index (χ1v) is 7.77. The molecule has 1 aromatic carbocycles. The quantitative estimate of drug-likeness (QED) is 0.722. The van der Waals surface area contributed by atoms with Crippen molar-refractivity contribution in [3.05, 3.63) is 63.3 Å². The van der Waals surface area contributed by atoms with Crippen LogP contribution >= 0.6 is 15.9 Å². The van der Waals surface area contributed by atoms with Crippen molar-refractivity contribution in [1.29, 1.82) is 0 Å². The highest BCUT2D eigenvalue weighted by Crippen LogP contribution is 2.39. The number of hydrogen-bond donors (Lipinski definition) is 0. The summed E-state index contributed by atoms with van der Waals surface area (Å²) in [7, 11) is 0. The smallest absolute Gasteiger partial charge is 0.260 e. The molecule has 23 heavy (non-hydrogen) atoms. The number of hydrogen-bond acceptors (Lipinski definition) is 2. The number of aromatic nitrogens is 1. The number of pyridine rings is 1. The average Bonchev–Trinajstić information content (AvgIpc) is 2.74. The number of halogens is 3. The lowest BCUT2D eigenvalue weighted by Crippen LogP contribution is -2.27. The molecule has 3 rings (SSSR count). The summed E-state index contributed by atoms with van der Waals surface area (Å²) >= 11 is 3.34. The Morgan fingerprint density at radius 1 is 1.26 bits per heavy atom. The summed E-state index contributed by atoms with van der Waals surface area (Å²) in [6.07, 6.45) is 1.56. The number of carbonyl (C=O) groups excluding carboxylic acids is 1. The van der Waals surface area contributed by atoms with Crippen LogP contribution in [0.5, 0.6) is 0 Å². The first kappa shape index (κ1) is 15.8. The number of anilines is 1. The minimum Gasteiger partial charge on any atom is -0.287 e. The van der Waals surface area contributed by atoms with E-state index >= 15 is 0 Å². The third-order valence-corrected chi connectivity index (χ3v) is 4.13. The molecule has 0 atom stereocenters. The molecular formula is C17H13BrF2N2O. The monoisotopic (exact) mass is 378 g/mol. The number of rotatable bonds is 2. The van der Waals surface area contributed by atoms with Crippen molar-refractivity contribution < 1.29 is 13.6 Å². The Kier molecular flexibility index (Phi) is 4.02. The van der Waals surface area contributed by atoms with Crippen molar-refractivity contribution in [2.45, 2.75) is 20.4 Å². The van der Waals surface area contributed by atoms with Crippen LogP contribution in [0, 0.1) is 11.6 Å². The molecule has 0 saturated heterocycles. The van der Waals surface area contributed by atoms with Gasteiger partial charge in [-0.3, -0.25) is 9.69 Å². The fourth-order valence-electron chi connectivity index (χ4n) is 2.65. The molecule has 1 aromatic heterocycles. The van der Waals surface area contributed by atoms with E-state index in [9.17, 15) is 13.6 Å². The van der Waals surface area contributed by atoms with Gasteiger partial charge in [0.15, 0.2) is 0 Å². The van der Waals surface area contributed by atoms with Crippen molar-refractivity contribution in [2.75, 3.05) is 4.90 Å². The number of nitrogens with zero attached hydrogens (tertiary/aromatic N) is 2. The Labute approximate surface area is 140 Å². The molecule has 3 nitrogen and oxygen atoms in total. The van der Waals surface area contributed by atoms with Gasteiger partial charge in [-0.05, 0) is 48.0 Å². The highest BCUT2D eigenvalue weighted by atomic mass is 79.9. The van der Waals surface area contributed by atoms with E-state index in [1.54, 1.807) is 12.3 Å². The minimum atomic E-state index is -0.679. The minimum absolute atomic E-state index is 0.147. The lowest BCUT2D eigenvalue weighted by atomic mass is 10.1. The molecule has 2 aromatic rings. The van der Waals surface area contributed by atoms with Gasteiger partial charge in [-0.1, -0.05) is 11.6 Å². The van der Waals surface area contributed by atoms with E-state index in [4.69, 9.17) is 0 Å². The molecule has 1 aliphatic heterocycles. The van der Waals surface area contributed by atoms with Crippen molar-refractivity contribution in [1.82, 2.24) is 4.98 Å². The zero-order chi connectivity index (χ0) is 16.7. The Hall–Kier alpha value is -2.08. The largest absolute Gasteiger partial charge is 0.287 e. The van der Waals surface area contributed by atoms with Crippen LogP contribution in [0.15, 0.2) is 40.5 Å². The van der Waals surface area contributed by atoms with Gasteiger partial charge < -0.3 is 0 Å². The van der Waals surface area contributed by atoms with Gasteiger partial charge in [0.2, 0.25) is 0 Å². The molecular weight excluding hydrogens is 366 g/mol. The van der Waals surface area contributed by atoms with E-state index in [2.05, 4.69) is 20.9 Å². The molecule has 1 aliphatic rings. The standard InChI is InChI=1S/C17H13BrF2N2O/c1-9(2)15-11-6-10(18)7-21-16(11)22(17(15)23)8-12-13(19)4-3-5-14(12)20/h3-7H,8H2,1-2H3. The molecule has 0 radical (unpaired) electrons. The number of fused-ring (bicyclic) bond motifs is 1. The van der Waals surface area contributed by atoms with E-state index in [-0.39, 0.29) is 18.0 Å². The maximum absolute atomic E-state index is 13.9. The summed E-state index contributed by atoms with van der Waals surface area (Å²) in [4.78, 5) is 18.3. The molecule has 0 saturated carbocycles. The van der Waals surface area contributed by atoms with Crippen LogP contribution in [0.4, 0.5) is 14.6 Å². The predicted octanol–water partition coefficient (Wildman–Crippen LogP) is 4.46. The Morgan fingerprint density at radius 3 is 2.52 bits per heavy atom. The highest BCUT2D eigenvalue weighted by molar-refractivity contribution is 9.10. The maximum atomic E-state index is 13.9. The van der Waals surface area contributed by atoms with Gasteiger partial charge >= 0.3 is 0 Å². The fourth-order valence-corrected chi connectivity index (χ4v) is 2.98. The SMILES string of the molecule is CC(C)=C1C(=O)N(Cc2c(F)cccc2F)c2ncc(Br)cc21. The first-order chi connectivity index (χ1) is 10.9. The third kappa shape index (κ3) is 2.67. The van der Waals surface area contributed by atoms with E-state index in [1.165, 1.54) is 23.1 Å². The fraction of sp³-hybridized carbons (Fsp3) is 0.176. The number of allylic oxidation sites excluding steroid dienone is 1. The molecule has 0 bridgehead atoms. The normalized spacial score (nSPS) is 13.5. The maximum Gasteiger partial charge on any atom is 0.260 e. The summed E-state index contributed by atoms with van der Waals surface area (Å²) in [6, 6.07) is 5.44. The van der Waals surface area contributed by atoms with Gasteiger partial charge in [-0.15, -0.1) is 0 Å². The van der Waals surface area contributed by atoms with Crippen LogP contribution in [-0.2, 0) is 11.3 Å². The summed E-state index contributed by atoms with van der Waals surface area (Å²) in [5.41, 5.74) is 1.87. The summed E-state index contributed by atoms with van der Waals surface area (Å²) in [5.74, 6) is -1.24. The van der Waals surface area contributed by atoms with E-state index in [1.807, 2.05) is 13.8 Å². The van der Waals surface area contributed by atoms with Crippen molar-refractivity contribution in [3.8, 4) is 0 Å². The second-order valence-electron chi connectivity index (χ2n) is 5.49. The molecule has 0 unspecified atom stereocenters. The predicted molar refractivity (Wildman–Crippen MR) is 87.8 cm³/mol. The van der Waals surface area contributed by atoms with Crippen LogP contribution < -0.4 is 4.90 Å². The van der Waals surface area contributed by atoms with Crippen LogP contribution in [0.1, 0.15) is 25.0 Å². The van der Waals surface area contributed by atoms with Gasteiger partial charge in [0.1, 0.15) is 17.5 Å².